The number of fused-ring (bicyclic) bond motifs is 1. The topological polar surface area (TPSA) is 28.7 Å². The summed E-state index contributed by atoms with van der Waals surface area (Å²) in [6.07, 6.45) is 1.48. The zero-order valence-corrected chi connectivity index (χ0v) is 7.78. The molecule has 2 nitrogen and oxygen atoms in total. The van der Waals surface area contributed by atoms with Crippen LogP contribution in [0.25, 0.3) is 10.9 Å². The van der Waals surface area contributed by atoms with E-state index in [1.54, 1.807) is 6.07 Å². The summed E-state index contributed by atoms with van der Waals surface area (Å²) >= 11 is 4.93. The van der Waals surface area contributed by atoms with Gasteiger partial charge in [-0.3, -0.25) is 0 Å². The van der Waals surface area contributed by atoms with E-state index in [1.165, 1.54) is 12.4 Å². The van der Waals surface area contributed by atoms with E-state index in [9.17, 15) is 4.39 Å². The molecule has 0 atom stereocenters. The van der Waals surface area contributed by atoms with Crippen LogP contribution in [0.3, 0.4) is 0 Å². The van der Waals surface area contributed by atoms with Gasteiger partial charge in [-0.1, -0.05) is 18.3 Å². The predicted molar refractivity (Wildman–Crippen MR) is 51.6 cm³/mol. The maximum absolute atomic E-state index is 13.3. The highest BCUT2D eigenvalue weighted by atomic mass is 32.1. The molecule has 0 saturated heterocycles. The van der Waals surface area contributed by atoms with Crippen molar-refractivity contribution in [2.75, 3.05) is 0 Å². The van der Waals surface area contributed by atoms with Gasteiger partial charge in [-0.05, 0) is 18.6 Å². The Bertz CT molecular complexity index is 518. The quantitative estimate of drug-likeness (QED) is 0.653. The van der Waals surface area contributed by atoms with E-state index in [4.69, 9.17) is 12.2 Å². The summed E-state index contributed by atoms with van der Waals surface area (Å²) in [5, 5.41) is 0.400. The van der Waals surface area contributed by atoms with Gasteiger partial charge in [0, 0.05) is 0 Å². The standard InChI is InChI=1S/C9H7FN2S/c1-5-2-3-6(10)7-8(5)11-4-12-9(7)13/h2-4H,1H3,(H,11,12,13). The van der Waals surface area contributed by atoms with Gasteiger partial charge in [0.15, 0.2) is 0 Å². The molecule has 4 heteroatoms. The summed E-state index contributed by atoms with van der Waals surface area (Å²) in [7, 11) is 0. The number of benzene rings is 1. The van der Waals surface area contributed by atoms with Crippen molar-refractivity contribution >= 4 is 23.1 Å². The number of rotatable bonds is 0. The molecular weight excluding hydrogens is 187 g/mol. The highest BCUT2D eigenvalue weighted by molar-refractivity contribution is 7.71. The molecule has 0 bridgehead atoms. The van der Waals surface area contributed by atoms with Gasteiger partial charge in [-0.25, -0.2) is 9.37 Å². The second-order valence-corrected chi connectivity index (χ2v) is 3.21. The largest absolute Gasteiger partial charge is 0.345 e. The van der Waals surface area contributed by atoms with Crippen molar-refractivity contribution in [2.24, 2.45) is 0 Å². The Hall–Kier alpha value is -1.29. The van der Waals surface area contributed by atoms with E-state index < -0.39 is 0 Å². The lowest BCUT2D eigenvalue weighted by molar-refractivity contribution is 0.638. The Kier molecular flexibility index (Phi) is 1.84. The average Bonchev–Trinajstić information content (AvgIpc) is 2.12. The van der Waals surface area contributed by atoms with Crippen LogP contribution in [-0.2, 0) is 0 Å². The van der Waals surface area contributed by atoms with Crippen LogP contribution in [-0.4, -0.2) is 9.97 Å². The molecule has 0 aliphatic carbocycles. The Morgan fingerprint density at radius 3 is 2.92 bits per heavy atom. The van der Waals surface area contributed by atoms with Crippen molar-refractivity contribution in [1.82, 2.24) is 9.97 Å². The van der Waals surface area contributed by atoms with Crippen LogP contribution in [0.2, 0.25) is 0 Å². The van der Waals surface area contributed by atoms with Gasteiger partial charge in [0.05, 0.1) is 17.2 Å². The smallest absolute Gasteiger partial charge is 0.140 e. The van der Waals surface area contributed by atoms with Gasteiger partial charge in [0.25, 0.3) is 0 Å². The second kappa shape index (κ2) is 2.88. The average molecular weight is 194 g/mol. The number of H-pyrrole nitrogens is 1. The molecule has 1 aromatic carbocycles. The Labute approximate surface area is 79.4 Å². The lowest BCUT2D eigenvalue weighted by Crippen LogP contribution is -1.89. The number of hydrogen-bond acceptors (Lipinski definition) is 2. The molecule has 0 fully saturated rings. The molecule has 13 heavy (non-hydrogen) atoms. The van der Waals surface area contributed by atoms with Gasteiger partial charge >= 0.3 is 0 Å². The summed E-state index contributed by atoms with van der Waals surface area (Å²) in [5.74, 6) is -0.324. The van der Waals surface area contributed by atoms with Gasteiger partial charge in [0.2, 0.25) is 0 Å². The Morgan fingerprint density at radius 2 is 2.23 bits per heavy atom. The minimum Gasteiger partial charge on any atom is -0.345 e. The summed E-state index contributed by atoms with van der Waals surface area (Å²) in [5.41, 5.74) is 1.69. The predicted octanol–water partition coefficient (Wildman–Crippen LogP) is 2.74. The fraction of sp³-hybridized carbons (Fsp3) is 0.111. The SMILES string of the molecule is Cc1ccc(F)c2c(=S)nc[nH]c12. The molecule has 0 aliphatic rings. The van der Waals surface area contributed by atoms with Gasteiger partial charge in [-0.15, -0.1) is 0 Å². The van der Waals surface area contributed by atoms with Crippen molar-refractivity contribution in [3.8, 4) is 0 Å². The van der Waals surface area contributed by atoms with Gasteiger partial charge < -0.3 is 4.98 Å². The number of aryl methyl sites for hydroxylation is 1. The van der Waals surface area contributed by atoms with Crippen molar-refractivity contribution in [1.29, 1.82) is 0 Å². The van der Waals surface area contributed by atoms with Crippen molar-refractivity contribution < 1.29 is 4.39 Å². The summed E-state index contributed by atoms with van der Waals surface area (Å²) in [6, 6.07) is 3.12. The van der Waals surface area contributed by atoms with Crippen molar-refractivity contribution in [3.05, 3.63) is 34.5 Å². The Morgan fingerprint density at radius 1 is 1.46 bits per heavy atom. The van der Waals surface area contributed by atoms with Gasteiger partial charge in [0.1, 0.15) is 10.5 Å². The molecule has 66 valence electrons. The molecule has 1 heterocycles. The van der Waals surface area contributed by atoms with E-state index in [2.05, 4.69) is 9.97 Å². The van der Waals surface area contributed by atoms with Crippen molar-refractivity contribution in [3.63, 3.8) is 0 Å². The second-order valence-electron chi connectivity index (χ2n) is 2.82. The van der Waals surface area contributed by atoms with E-state index in [-0.39, 0.29) is 5.82 Å². The normalized spacial score (nSPS) is 10.6. The molecular formula is C9H7FN2S. The van der Waals surface area contributed by atoms with Gasteiger partial charge in [-0.2, -0.15) is 0 Å². The first kappa shape index (κ1) is 8.31. The van der Waals surface area contributed by atoms with E-state index in [0.29, 0.717) is 10.0 Å². The van der Waals surface area contributed by atoms with Crippen LogP contribution in [0.4, 0.5) is 4.39 Å². The zero-order chi connectivity index (χ0) is 9.42. The van der Waals surface area contributed by atoms with E-state index in [1.807, 2.05) is 6.92 Å². The first-order valence-corrected chi connectivity index (χ1v) is 4.23. The fourth-order valence-corrected chi connectivity index (χ4v) is 1.55. The molecule has 1 N–H and O–H groups in total. The van der Waals surface area contributed by atoms with Crippen LogP contribution in [0.15, 0.2) is 18.5 Å². The third-order valence-electron chi connectivity index (χ3n) is 1.97. The van der Waals surface area contributed by atoms with Crippen LogP contribution >= 0.6 is 12.2 Å². The number of hydrogen-bond donors (Lipinski definition) is 1. The highest BCUT2D eigenvalue weighted by Crippen LogP contribution is 2.18. The molecule has 0 unspecified atom stereocenters. The summed E-state index contributed by atoms with van der Waals surface area (Å²) in [6.45, 7) is 1.90. The third-order valence-corrected chi connectivity index (χ3v) is 2.28. The number of aromatic amines is 1. The zero-order valence-electron chi connectivity index (χ0n) is 6.97. The van der Waals surface area contributed by atoms with Crippen LogP contribution in [0.1, 0.15) is 5.56 Å². The minimum atomic E-state index is -0.324. The third kappa shape index (κ3) is 1.23. The number of aromatic nitrogens is 2. The summed E-state index contributed by atoms with van der Waals surface area (Å²) < 4.78 is 13.6. The van der Waals surface area contributed by atoms with E-state index >= 15 is 0 Å². The minimum absolute atomic E-state index is 0.301. The monoisotopic (exact) mass is 194 g/mol. The van der Waals surface area contributed by atoms with Crippen molar-refractivity contribution in [2.45, 2.75) is 6.92 Å². The number of halogens is 1. The first-order chi connectivity index (χ1) is 6.20. The molecule has 0 spiro atoms. The maximum Gasteiger partial charge on any atom is 0.140 e. The fourth-order valence-electron chi connectivity index (χ4n) is 1.30. The molecule has 0 radical (unpaired) electrons. The molecule has 2 rings (SSSR count). The highest BCUT2D eigenvalue weighted by Gasteiger charge is 2.04. The lowest BCUT2D eigenvalue weighted by Gasteiger charge is -2.01. The lowest BCUT2D eigenvalue weighted by atomic mass is 10.1. The Balaban J connectivity index is 3.09. The first-order valence-electron chi connectivity index (χ1n) is 3.82. The summed E-state index contributed by atoms with van der Waals surface area (Å²) in [4.78, 5) is 6.71. The van der Waals surface area contributed by atoms with Crippen LogP contribution in [0, 0.1) is 17.4 Å². The molecule has 0 aliphatic heterocycles. The maximum atomic E-state index is 13.3. The van der Waals surface area contributed by atoms with Crippen LogP contribution < -0.4 is 0 Å². The molecule has 0 amide bonds. The number of nitrogens with zero attached hydrogens (tertiary/aromatic N) is 1. The molecule has 2 aromatic rings. The van der Waals surface area contributed by atoms with Crippen LogP contribution in [0.5, 0.6) is 0 Å². The number of nitrogens with one attached hydrogen (secondary N) is 1. The molecule has 0 saturated carbocycles. The molecule has 1 aromatic heterocycles. The van der Waals surface area contributed by atoms with E-state index in [0.717, 1.165) is 11.1 Å².